The summed E-state index contributed by atoms with van der Waals surface area (Å²) in [6, 6.07) is -4.42. The van der Waals surface area contributed by atoms with Gasteiger partial charge in [0.25, 0.3) is 0 Å². The largest absolute Gasteiger partial charge is 0.480 e. The van der Waals surface area contributed by atoms with E-state index in [0.29, 0.717) is 6.42 Å². The van der Waals surface area contributed by atoms with E-state index < -0.39 is 60.2 Å². The minimum atomic E-state index is -1.32. The second-order valence-electron chi connectivity index (χ2n) is 8.90. The number of amides is 4. The monoisotopic (exact) mass is 457 g/mol. The first-order valence-corrected chi connectivity index (χ1v) is 10.9. The number of primary amides is 1. The molecule has 11 nitrogen and oxygen atoms in total. The molecule has 0 bridgehead atoms. The molecular weight excluding hydrogens is 418 g/mol. The minimum Gasteiger partial charge on any atom is -0.480 e. The number of carbonyl (C=O) groups excluding carboxylic acids is 4. The molecule has 8 N–H and O–H groups in total. The number of nitrogens with two attached hydrogens (primary N) is 2. The van der Waals surface area contributed by atoms with E-state index in [9.17, 15) is 29.1 Å². The summed E-state index contributed by atoms with van der Waals surface area (Å²) in [7, 11) is 0. The molecule has 0 aliphatic carbocycles. The number of carboxylic acid groups (broad SMARTS) is 1. The van der Waals surface area contributed by atoms with Gasteiger partial charge in [-0.3, -0.25) is 19.2 Å². The molecule has 0 aliphatic heterocycles. The molecule has 0 aromatic heterocycles. The van der Waals surface area contributed by atoms with Gasteiger partial charge < -0.3 is 32.5 Å². The lowest BCUT2D eigenvalue weighted by Gasteiger charge is -2.27. The normalized spacial score (nSPS) is 15.9. The van der Waals surface area contributed by atoms with Crippen LogP contribution in [0.2, 0.25) is 0 Å². The van der Waals surface area contributed by atoms with Gasteiger partial charge in [-0.15, -0.1) is 0 Å². The quantitative estimate of drug-likeness (QED) is 0.202. The summed E-state index contributed by atoms with van der Waals surface area (Å²) in [5, 5.41) is 16.9. The zero-order valence-electron chi connectivity index (χ0n) is 19.8. The third-order valence-electron chi connectivity index (χ3n) is 5.18. The molecule has 0 fully saturated rings. The van der Waals surface area contributed by atoms with Crippen molar-refractivity contribution in [1.82, 2.24) is 16.0 Å². The molecule has 0 aromatic carbocycles. The highest BCUT2D eigenvalue weighted by atomic mass is 16.4. The lowest BCUT2D eigenvalue weighted by molar-refractivity contribution is -0.144. The number of hydrogen-bond donors (Lipinski definition) is 6. The van der Waals surface area contributed by atoms with Crippen molar-refractivity contribution >= 4 is 29.6 Å². The van der Waals surface area contributed by atoms with E-state index in [-0.39, 0.29) is 24.2 Å². The van der Waals surface area contributed by atoms with Crippen molar-refractivity contribution in [2.75, 3.05) is 0 Å². The van der Waals surface area contributed by atoms with E-state index in [1.807, 2.05) is 13.8 Å². The smallest absolute Gasteiger partial charge is 0.326 e. The summed E-state index contributed by atoms with van der Waals surface area (Å²) in [5.74, 6) is -4.64. The number of hydrogen-bond acceptors (Lipinski definition) is 6. The van der Waals surface area contributed by atoms with Crippen molar-refractivity contribution in [2.45, 2.75) is 85.0 Å². The van der Waals surface area contributed by atoms with Crippen LogP contribution in [0.25, 0.3) is 0 Å². The summed E-state index contributed by atoms with van der Waals surface area (Å²) in [4.78, 5) is 61.0. The Morgan fingerprint density at radius 2 is 1.34 bits per heavy atom. The number of aliphatic carboxylic acids is 1. The summed E-state index contributed by atoms with van der Waals surface area (Å²) in [6.07, 6.45) is 0.261. The Labute approximate surface area is 189 Å². The van der Waals surface area contributed by atoms with Gasteiger partial charge in [0.15, 0.2) is 0 Å². The second-order valence-corrected chi connectivity index (χ2v) is 8.90. The highest BCUT2D eigenvalue weighted by Gasteiger charge is 2.33. The number of rotatable bonds is 14. The fourth-order valence-corrected chi connectivity index (χ4v) is 2.89. The fourth-order valence-electron chi connectivity index (χ4n) is 2.89. The zero-order valence-corrected chi connectivity index (χ0v) is 19.8. The van der Waals surface area contributed by atoms with E-state index in [0.717, 1.165) is 0 Å². The van der Waals surface area contributed by atoms with Gasteiger partial charge in [0.2, 0.25) is 23.6 Å². The van der Waals surface area contributed by atoms with Gasteiger partial charge in [0.05, 0.1) is 12.5 Å². The molecular formula is C21H39N5O6. The van der Waals surface area contributed by atoms with Crippen LogP contribution in [0.3, 0.4) is 0 Å². The van der Waals surface area contributed by atoms with Crippen LogP contribution in [0.5, 0.6) is 0 Å². The summed E-state index contributed by atoms with van der Waals surface area (Å²) >= 11 is 0. The zero-order chi connectivity index (χ0) is 25.2. The maximum Gasteiger partial charge on any atom is 0.326 e. The highest BCUT2D eigenvalue weighted by Crippen LogP contribution is 2.11. The lowest BCUT2D eigenvalue weighted by Crippen LogP contribution is -2.58. The average Bonchev–Trinajstić information content (AvgIpc) is 2.68. The van der Waals surface area contributed by atoms with Gasteiger partial charge in [-0.05, 0) is 24.2 Å². The second kappa shape index (κ2) is 13.7. The van der Waals surface area contributed by atoms with Gasteiger partial charge in [0.1, 0.15) is 18.1 Å². The number of carboxylic acids is 1. The Morgan fingerprint density at radius 3 is 1.75 bits per heavy atom. The van der Waals surface area contributed by atoms with Gasteiger partial charge >= 0.3 is 5.97 Å². The third kappa shape index (κ3) is 10.1. The molecule has 0 saturated carbocycles. The van der Waals surface area contributed by atoms with Crippen LogP contribution in [0.1, 0.15) is 60.8 Å². The Balaban J connectivity index is 5.59. The Morgan fingerprint density at radius 1 is 0.844 bits per heavy atom. The highest BCUT2D eigenvalue weighted by molar-refractivity contribution is 5.96. The lowest BCUT2D eigenvalue weighted by atomic mass is 9.97. The van der Waals surface area contributed by atoms with Gasteiger partial charge in [-0.2, -0.15) is 0 Å². The number of carbonyl (C=O) groups is 5. The fraction of sp³-hybridized carbons (Fsp3) is 0.762. The van der Waals surface area contributed by atoms with Crippen LogP contribution in [-0.4, -0.2) is 58.9 Å². The summed E-state index contributed by atoms with van der Waals surface area (Å²) in [6.45, 7) is 10.6. The third-order valence-corrected chi connectivity index (χ3v) is 5.18. The van der Waals surface area contributed by atoms with Gasteiger partial charge in [0, 0.05) is 0 Å². The van der Waals surface area contributed by atoms with Crippen molar-refractivity contribution in [1.29, 1.82) is 0 Å². The SMILES string of the molecule is CCC(C)C(NC(=O)C(CC(C)C)NC(=O)C(CC(N)=O)NC(=O)C(N)C(C)C)C(=O)O. The molecule has 32 heavy (non-hydrogen) atoms. The van der Waals surface area contributed by atoms with Crippen LogP contribution in [0.15, 0.2) is 0 Å². The molecule has 0 aromatic rings. The molecule has 0 heterocycles. The van der Waals surface area contributed by atoms with E-state index in [4.69, 9.17) is 11.5 Å². The van der Waals surface area contributed by atoms with E-state index >= 15 is 0 Å². The van der Waals surface area contributed by atoms with Crippen LogP contribution >= 0.6 is 0 Å². The van der Waals surface area contributed by atoms with E-state index in [1.165, 1.54) is 0 Å². The Kier molecular flexibility index (Phi) is 12.5. The maximum absolute atomic E-state index is 12.8. The van der Waals surface area contributed by atoms with Crippen molar-refractivity contribution < 1.29 is 29.1 Å². The van der Waals surface area contributed by atoms with Gasteiger partial charge in [-0.25, -0.2) is 4.79 Å². The van der Waals surface area contributed by atoms with Crippen molar-refractivity contribution in [2.24, 2.45) is 29.2 Å². The number of nitrogens with one attached hydrogen (secondary N) is 3. The Hall–Kier alpha value is -2.69. The molecule has 0 radical (unpaired) electrons. The molecule has 0 aliphatic rings. The molecule has 0 spiro atoms. The maximum atomic E-state index is 12.8. The van der Waals surface area contributed by atoms with Gasteiger partial charge in [-0.1, -0.05) is 48.0 Å². The standard InChI is InChI=1S/C21H39N5O6/c1-7-12(6)17(21(31)32)26-19(29)13(8-10(2)3)24-18(28)14(9-15(22)27)25-20(30)16(23)11(4)5/h10-14,16-17H,7-9,23H2,1-6H3,(H2,22,27)(H,24,28)(H,25,30)(H,26,29)(H,31,32). The topological polar surface area (TPSA) is 194 Å². The molecule has 4 amide bonds. The first-order valence-electron chi connectivity index (χ1n) is 10.9. The first kappa shape index (κ1) is 29.3. The molecule has 0 saturated heterocycles. The van der Waals surface area contributed by atoms with E-state index in [1.54, 1.807) is 27.7 Å². The minimum absolute atomic E-state index is 0.0172. The average molecular weight is 458 g/mol. The van der Waals surface area contributed by atoms with Crippen molar-refractivity contribution in [3.63, 3.8) is 0 Å². The molecule has 11 heteroatoms. The Bertz CT molecular complexity index is 682. The predicted octanol–water partition coefficient (Wildman–Crippen LogP) is -0.524. The summed E-state index contributed by atoms with van der Waals surface area (Å²) in [5.41, 5.74) is 11.0. The predicted molar refractivity (Wildman–Crippen MR) is 119 cm³/mol. The molecule has 184 valence electrons. The first-order chi connectivity index (χ1) is 14.7. The molecule has 5 atom stereocenters. The van der Waals surface area contributed by atoms with Crippen molar-refractivity contribution in [3.8, 4) is 0 Å². The van der Waals surface area contributed by atoms with E-state index in [2.05, 4.69) is 16.0 Å². The van der Waals surface area contributed by atoms with Crippen LogP contribution < -0.4 is 27.4 Å². The van der Waals surface area contributed by atoms with Crippen LogP contribution in [0, 0.1) is 17.8 Å². The van der Waals surface area contributed by atoms with Crippen molar-refractivity contribution in [3.05, 3.63) is 0 Å². The summed E-state index contributed by atoms with van der Waals surface area (Å²) < 4.78 is 0. The molecule has 5 unspecified atom stereocenters. The van der Waals surface area contributed by atoms with Crippen LogP contribution in [-0.2, 0) is 24.0 Å². The van der Waals surface area contributed by atoms with Crippen LogP contribution in [0.4, 0.5) is 0 Å². The molecule has 0 rings (SSSR count).